The van der Waals surface area contributed by atoms with Crippen molar-refractivity contribution in [2.75, 3.05) is 0 Å². The van der Waals surface area contributed by atoms with Crippen LogP contribution >= 0.6 is 0 Å². The largest absolute Gasteiger partial charge is 0.450 e. The molecule has 1 aromatic heterocycles. The van der Waals surface area contributed by atoms with Gasteiger partial charge in [0.25, 0.3) is 0 Å². The Morgan fingerprint density at radius 1 is 0.966 bits per heavy atom. The summed E-state index contributed by atoms with van der Waals surface area (Å²) in [7, 11) is 0. The second-order valence-corrected chi connectivity index (χ2v) is 6.01. The molecule has 0 fully saturated rings. The average molecular weight is 387 g/mol. The minimum Gasteiger partial charge on any atom is -0.450 e. The van der Waals surface area contributed by atoms with Crippen LogP contribution < -0.4 is 4.74 Å². The third kappa shape index (κ3) is 3.86. The first-order valence-corrected chi connectivity index (χ1v) is 8.54. The minimum absolute atomic E-state index is 0.0325. The molecule has 0 unspecified atom stereocenters. The summed E-state index contributed by atoms with van der Waals surface area (Å²) in [6.45, 7) is 0. The molecule has 29 heavy (non-hydrogen) atoms. The molecule has 142 valence electrons. The van der Waals surface area contributed by atoms with Crippen LogP contribution in [0.2, 0.25) is 0 Å². The van der Waals surface area contributed by atoms with Crippen LogP contribution in [0.15, 0.2) is 83.6 Å². The van der Waals surface area contributed by atoms with E-state index in [1.165, 1.54) is 24.6 Å². The van der Waals surface area contributed by atoms with Crippen molar-refractivity contribution in [2.24, 2.45) is 0 Å². The highest BCUT2D eigenvalue weighted by Gasteiger charge is 2.20. The van der Waals surface area contributed by atoms with Gasteiger partial charge in [-0.2, -0.15) is 0 Å². The van der Waals surface area contributed by atoms with Crippen molar-refractivity contribution in [3.05, 3.63) is 100 Å². The van der Waals surface area contributed by atoms with Gasteiger partial charge in [0, 0.05) is 22.8 Å². The zero-order valence-corrected chi connectivity index (χ0v) is 14.9. The van der Waals surface area contributed by atoms with Crippen LogP contribution in [0.3, 0.4) is 0 Å². The zero-order chi connectivity index (χ0) is 20.2. The Morgan fingerprint density at radius 2 is 1.72 bits per heavy atom. The third-order valence-corrected chi connectivity index (χ3v) is 4.14. The maximum atomic E-state index is 12.6. The standard InChI is InChI=1S/C21H13N3O5/c25-20(14-4-2-1-3-5-14)16-8-11-19(18(12-16)24(26)27)29-17-9-6-15(7-10-17)21-23-22-13-28-21/h1-13H. The minimum atomic E-state index is -0.579. The molecule has 0 aliphatic carbocycles. The number of ether oxygens (including phenoxy) is 1. The van der Waals surface area contributed by atoms with E-state index in [9.17, 15) is 14.9 Å². The van der Waals surface area contributed by atoms with E-state index in [1.807, 2.05) is 0 Å². The van der Waals surface area contributed by atoms with Gasteiger partial charge in [0.05, 0.1) is 4.92 Å². The van der Waals surface area contributed by atoms with Gasteiger partial charge < -0.3 is 9.15 Å². The Bertz CT molecular complexity index is 1160. The maximum Gasteiger partial charge on any atom is 0.312 e. The van der Waals surface area contributed by atoms with Crippen LogP contribution in [0.4, 0.5) is 5.69 Å². The number of hydrogen-bond donors (Lipinski definition) is 0. The summed E-state index contributed by atoms with van der Waals surface area (Å²) in [5.41, 5.74) is 1.05. The van der Waals surface area contributed by atoms with E-state index in [1.54, 1.807) is 54.6 Å². The molecule has 0 saturated heterocycles. The number of nitro benzene ring substituents is 1. The number of ketones is 1. The van der Waals surface area contributed by atoms with E-state index in [4.69, 9.17) is 9.15 Å². The molecule has 0 saturated carbocycles. The van der Waals surface area contributed by atoms with Gasteiger partial charge in [-0.25, -0.2) is 0 Å². The molecule has 0 amide bonds. The lowest BCUT2D eigenvalue weighted by molar-refractivity contribution is -0.385. The smallest absolute Gasteiger partial charge is 0.312 e. The molecule has 4 rings (SSSR count). The molecule has 1 heterocycles. The SMILES string of the molecule is O=C(c1ccccc1)c1ccc(Oc2ccc(-c3nnco3)cc2)c([N+](=O)[O-])c1. The lowest BCUT2D eigenvalue weighted by Gasteiger charge is -2.08. The molecular formula is C21H13N3O5. The molecule has 0 N–H and O–H groups in total. The fourth-order valence-electron chi connectivity index (χ4n) is 2.74. The number of benzene rings is 3. The van der Waals surface area contributed by atoms with E-state index in [0.717, 1.165) is 0 Å². The quantitative estimate of drug-likeness (QED) is 0.269. The zero-order valence-electron chi connectivity index (χ0n) is 14.9. The second kappa shape index (κ2) is 7.73. The maximum absolute atomic E-state index is 12.6. The molecule has 0 atom stereocenters. The van der Waals surface area contributed by atoms with Crippen molar-refractivity contribution in [2.45, 2.75) is 0 Å². The molecule has 0 aliphatic heterocycles. The van der Waals surface area contributed by atoms with Gasteiger partial charge >= 0.3 is 5.69 Å². The number of rotatable bonds is 6. The molecule has 8 heteroatoms. The van der Waals surface area contributed by atoms with Gasteiger partial charge in [-0.3, -0.25) is 14.9 Å². The van der Waals surface area contributed by atoms with Crippen molar-refractivity contribution >= 4 is 11.5 Å². The Balaban J connectivity index is 1.60. The highest BCUT2D eigenvalue weighted by molar-refractivity contribution is 6.09. The van der Waals surface area contributed by atoms with Crippen LogP contribution in [0.1, 0.15) is 15.9 Å². The second-order valence-electron chi connectivity index (χ2n) is 6.01. The van der Waals surface area contributed by atoms with Crippen molar-refractivity contribution in [3.63, 3.8) is 0 Å². The summed E-state index contributed by atoms with van der Waals surface area (Å²) >= 11 is 0. The number of hydrogen-bond acceptors (Lipinski definition) is 7. The number of nitro groups is 1. The summed E-state index contributed by atoms with van der Waals surface area (Å²) in [5.74, 6) is 0.471. The van der Waals surface area contributed by atoms with Crippen LogP contribution in [0.25, 0.3) is 11.5 Å². The van der Waals surface area contributed by atoms with E-state index in [0.29, 0.717) is 22.8 Å². The number of carbonyl (C=O) groups is 1. The molecule has 0 bridgehead atoms. The molecule has 0 radical (unpaired) electrons. The number of nitrogens with zero attached hydrogens (tertiary/aromatic N) is 3. The first-order valence-electron chi connectivity index (χ1n) is 8.54. The van der Waals surface area contributed by atoms with Gasteiger partial charge in [0.1, 0.15) is 5.75 Å². The monoisotopic (exact) mass is 387 g/mol. The highest BCUT2D eigenvalue weighted by Crippen LogP contribution is 2.33. The van der Waals surface area contributed by atoms with Crippen LogP contribution in [-0.4, -0.2) is 20.9 Å². The Morgan fingerprint density at radius 3 is 2.38 bits per heavy atom. The fourth-order valence-corrected chi connectivity index (χ4v) is 2.74. The molecule has 8 nitrogen and oxygen atoms in total. The van der Waals surface area contributed by atoms with Crippen molar-refractivity contribution in [1.29, 1.82) is 0 Å². The number of aromatic nitrogens is 2. The first kappa shape index (κ1) is 18.1. The molecule has 3 aromatic carbocycles. The molecule has 0 spiro atoms. The fraction of sp³-hybridized carbons (Fsp3) is 0. The van der Waals surface area contributed by atoms with Gasteiger partial charge in [-0.1, -0.05) is 30.3 Å². The van der Waals surface area contributed by atoms with Gasteiger partial charge in [-0.15, -0.1) is 10.2 Å². The molecule has 4 aromatic rings. The Kier molecular flexibility index (Phi) is 4.81. The van der Waals surface area contributed by atoms with E-state index < -0.39 is 4.92 Å². The summed E-state index contributed by atoms with van der Waals surface area (Å²) < 4.78 is 10.8. The first-order chi connectivity index (χ1) is 14.1. The summed E-state index contributed by atoms with van der Waals surface area (Å²) in [6, 6.07) is 19.4. The number of carbonyl (C=O) groups excluding carboxylic acids is 1. The van der Waals surface area contributed by atoms with Crippen LogP contribution in [0, 0.1) is 10.1 Å². The van der Waals surface area contributed by atoms with Crippen molar-refractivity contribution in [3.8, 4) is 23.0 Å². The van der Waals surface area contributed by atoms with Crippen molar-refractivity contribution in [1.82, 2.24) is 10.2 Å². The van der Waals surface area contributed by atoms with Gasteiger partial charge in [0.2, 0.25) is 18.0 Å². The third-order valence-electron chi connectivity index (χ3n) is 4.14. The lowest BCUT2D eigenvalue weighted by atomic mass is 10.0. The average Bonchev–Trinajstić information content (AvgIpc) is 3.29. The highest BCUT2D eigenvalue weighted by atomic mass is 16.6. The van der Waals surface area contributed by atoms with E-state index >= 15 is 0 Å². The summed E-state index contributed by atoms with van der Waals surface area (Å²) in [4.78, 5) is 23.5. The predicted octanol–water partition coefficient (Wildman–Crippen LogP) is 4.67. The Hall–Kier alpha value is -4.33. The molecular weight excluding hydrogens is 374 g/mol. The van der Waals surface area contributed by atoms with E-state index in [2.05, 4.69) is 10.2 Å². The summed E-state index contributed by atoms with van der Waals surface area (Å²) in [6.07, 6.45) is 1.22. The Labute approximate surface area is 164 Å². The topological polar surface area (TPSA) is 108 Å². The van der Waals surface area contributed by atoms with Crippen molar-refractivity contribution < 1.29 is 18.9 Å². The van der Waals surface area contributed by atoms with Gasteiger partial charge in [-0.05, 0) is 36.4 Å². The lowest BCUT2D eigenvalue weighted by Crippen LogP contribution is -2.03. The van der Waals surface area contributed by atoms with Crippen LogP contribution in [-0.2, 0) is 0 Å². The molecule has 0 aliphatic rings. The normalized spacial score (nSPS) is 10.5. The summed E-state index contributed by atoms with van der Waals surface area (Å²) in [5, 5.41) is 18.9. The van der Waals surface area contributed by atoms with Crippen LogP contribution in [0.5, 0.6) is 11.5 Å². The predicted molar refractivity (Wildman–Crippen MR) is 103 cm³/mol. The van der Waals surface area contributed by atoms with E-state index in [-0.39, 0.29) is 22.8 Å². The van der Waals surface area contributed by atoms with Gasteiger partial charge in [0.15, 0.2) is 5.78 Å².